The van der Waals surface area contributed by atoms with Gasteiger partial charge in [-0.25, -0.2) is 16.3 Å². The lowest BCUT2D eigenvalue weighted by Gasteiger charge is -2.25. The second-order valence-corrected chi connectivity index (χ2v) is 9.36. The molecule has 12 nitrogen and oxygen atoms in total. The van der Waals surface area contributed by atoms with Gasteiger partial charge in [-0.15, -0.1) is 0 Å². The number of aromatic nitrogens is 1. The van der Waals surface area contributed by atoms with E-state index in [4.69, 9.17) is 16.3 Å². The Balaban J connectivity index is 1.59. The third-order valence-electron chi connectivity index (χ3n) is 6.57. The molecule has 0 unspecified atom stereocenters. The number of ether oxygens (including phenoxy) is 1. The van der Waals surface area contributed by atoms with Gasteiger partial charge in [-0.1, -0.05) is 36.8 Å². The molecule has 3 aromatic rings. The first kappa shape index (κ1) is 28.3. The van der Waals surface area contributed by atoms with Crippen molar-refractivity contribution in [2.24, 2.45) is 17.5 Å². The molecule has 0 spiro atoms. The molecule has 0 saturated heterocycles. The summed E-state index contributed by atoms with van der Waals surface area (Å²) in [6.45, 7) is 0.531. The number of hydroxylamine groups is 1. The van der Waals surface area contributed by atoms with Crippen LogP contribution < -0.4 is 32.4 Å². The molecule has 1 fully saturated rings. The first-order chi connectivity index (χ1) is 19.4. The summed E-state index contributed by atoms with van der Waals surface area (Å²) in [6.07, 6.45) is 6.16. The number of benzene rings is 2. The van der Waals surface area contributed by atoms with Crippen LogP contribution in [0.15, 0.2) is 60.9 Å². The minimum atomic E-state index is -0.523. The molecule has 0 radical (unpaired) electrons. The Morgan fingerprint density at radius 2 is 1.85 bits per heavy atom. The van der Waals surface area contributed by atoms with E-state index in [0.29, 0.717) is 24.6 Å². The third kappa shape index (κ3) is 7.04. The molecule has 40 heavy (non-hydrogen) atoms. The fraction of sp³-hybridized carbons (Fsp3) is 0.286. The Labute approximate surface area is 231 Å². The number of carbonyl (C=O) groups excluding carboxylic acids is 3. The van der Waals surface area contributed by atoms with Crippen LogP contribution in [0, 0.1) is 5.92 Å². The smallest absolute Gasteiger partial charge is 0.281 e. The monoisotopic (exact) mass is 547 g/mol. The van der Waals surface area contributed by atoms with Crippen LogP contribution in [0.5, 0.6) is 5.88 Å². The lowest BCUT2D eigenvalue weighted by Crippen LogP contribution is -2.33. The van der Waals surface area contributed by atoms with Gasteiger partial charge in [0.25, 0.3) is 17.7 Å². The summed E-state index contributed by atoms with van der Waals surface area (Å²) in [7, 11) is 1.31. The maximum atomic E-state index is 13.5. The van der Waals surface area contributed by atoms with Crippen LogP contribution in [-0.4, -0.2) is 48.0 Å². The van der Waals surface area contributed by atoms with E-state index in [9.17, 15) is 14.4 Å². The number of nitrogens with two attached hydrogens (primary N) is 2. The second kappa shape index (κ2) is 13.4. The molecule has 1 aromatic heterocycles. The van der Waals surface area contributed by atoms with Crippen LogP contribution in [0.2, 0.25) is 0 Å². The summed E-state index contributed by atoms with van der Waals surface area (Å²) in [5.74, 6) is 5.05. The molecule has 0 atom stereocenters. The number of nitrogens with one attached hydrogen (secondary N) is 3. The average molecular weight is 548 g/mol. The lowest BCUT2D eigenvalue weighted by molar-refractivity contribution is -0.133. The number of rotatable bonds is 12. The topological polar surface area (TPSA) is 174 Å². The van der Waals surface area contributed by atoms with Crippen LogP contribution in [0.3, 0.4) is 0 Å². The summed E-state index contributed by atoms with van der Waals surface area (Å²) in [4.78, 5) is 47.2. The first-order valence-electron chi connectivity index (χ1n) is 12.8. The van der Waals surface area contributed by atoms with Gasteiger partial charge in [0.1, 0.15) is 0 Å². The highest BCUT2D eigenvalue weighted by Crippen LogP contribution is 2.27. The third-order valence-corrected chi connectivity index (χ3v) is 6.57. The van der Waals surface area contributed by atoms with E-state index in [1.807, 2.05) is 30.3 Å². The van der Waals surface area contributed by atoms with Crippen LogP contribution in [0.1, 0.15) is 45.7 Å². The van der Waals surface area contributed by atoms with Crippen molar-refractivity contribution in [3.05, 3.63) is 77.8 Å². The average Bonchev–Trinajstić information content (AvgIpc) is 2.92. The van der Waals surface area contributed by atoms with Gasteiger partial charge in [-0.2, -0.15) is 0 Å². The number of carbonyl (C=O) groups is 3. The highest BCUT2D eigenvalue weighted by Gasteiger charge is 2.22. The van der Waals surface area contributed by atoms with Gasteiger partial charge in [0.2, 0.25) is 5.88 Å². The Hall–Kier alpha value is -4.68. The molecule has 4 rings (SSSR count). The van der Waals surface area contributed by atoms with Gasteiger partial charge in [0, 0.05) is 30.6 Å². The second-order valence-electron chi connectivity index (χ2n) is 9.36. The van der Waals surface area contributed by atoms with Crippen LogP contribution in [-0.2, 0) is 16.2 Å². The van der Waals surface area contributed by atoms with Crippen molar-refractivity contribution in [1.82, 2.24) is 20.8 Å². The van der Waals surface area contributed by atoms with Crippen LogP contribution in [0.4, 0.5) is 5.69 Å². The zero-order chi connectivity index (χ0) is 28.5. The maximum absolute atomic E-state index is 13.5. The van der Waals surface area contributed by atoms with Gasteiger partial charge >= 0.3 is 0 Å². The number of hydrazine groups is 1. The van der Waals surface area contributed by atoms with Gasteiger partial charge in [-0.05, 0) is 47.2 Å². The van der Waals surface area contributed by atoms with E-state index in [1.165, 1.54) is 30.5 Å². The van der Waals surface area contributed by atoms with Gasteiger partial charge in [-0.3, -0.25) is 19.2 Å². The minimum absolute atomic E-state index is 0.0226. The van der Waals surface area contributed by atoms with Crippen LogP contribution >= 0.6 is 0 Å². The van der Waals surface area contributed by atoms with Crippen molar-refractivity contribution in [3.8, 4) is 5.88 Å². The van der Waals surface area contributed by atoms with E-state index < -0.39 is 17.7 Å². The Kier molecular flexibility index (Phi) is 9.49. The van der Waals surface area contributed by atoms with E-state index in [0.717, 1.165) is 35.6 Å². The van der Waals surface area contributed by atoms with Gasteiger partial charge in [0.05, 0.1) is 19.3 Å². The summed E-state index contributed by atoms with van der Waals surface area (Å²) in [5, 5.41) is 8.74. The number of nitrogens with zero attached hydrogens (tertiary/aromatic N) is 2. The number of fused-ring (bicyclic) bond motifs is 1. The molecule has 3 amide bonds. The SMILES string of the molecule is CONC(=O)COc1ccc(NC(=O)c2ccc(CN(N)/C=C\N)c3ccccc23)c(C(=O)NCC2CCC2)n1. The van der Waals surface area contributed by atoms with Crippen molar-refractivity contribution >= 4 is 34.2 Å². The quantitative estimate of drug-likeness (QED) is 0.168. The summed E-state index contributed by atoms with van der Waals surface area (Å²) in [5.41, 5.74) is 9.09. The fourth-order valence-corrected chi connectivity index (χ4v) is 4.34. The number of hydrogen-bond acceptors (Lipinski definition) is 9. The van der Waals surface area contributed by atoms with E-state index in [-0.39, 0.29) is 23.9 Å². The molecule has 0 aliphatic heterocycles. The van der Waals surface area contributed by atoms with Crippen LogP contribution in [0.25, 0.3) is 10.8 Å². The Bertz CT molecular complexity index is 1410. The predicted molar refractivity (Wildman–Crippen MR) is 150 cm³/mol. The minimum Gasteiger partial charge on any atom is -0.467 e. The maximum Gasteiger partial charge on any atom is 0.281 e. The molecule has 0 bridgehead atoms. The normalized spacial score (nSPS) is 13.1. The molecule has 1 heterocycles. The molecule has 7 N–H and O–H groups in total. The first-order valence-corrected chi connectivity index (χ1v) is 12.8. The highest BCUT2D eigenvalue weighted by molar-refractivity contribution is 6.15. The largest absolute Gasteiger partial charge is 0.467 e. The molecule has 210 valence electrons. The number of hydrogen-bond donors (Lipinski definition) is 5. The standard InChI is InChI=1S/C28H33N7O5/c1-39-34-24(36)17-40-25-12-11-23(26(33-25)28(38)31-15-18-5-4-6-18)32-27(37)22-10-9-19(16-35(30)14-13-29)20-7-2-3-8-21(20)22/h2-3,7-14,18H,4-6,15-17,29-30H2,1H3,(H,31,38)(H,32,37)(H,34,36)/b14-13-. The molecule has 12 heteroatoms. The van der Waals surface area contributed by atoms with E-state index in [2.05, 4.69) is 25.9 Å². The molecule has 2 aromatic carbocycles. The molecular weight excluding hydrogens is 514 g/mol. The fourth-order valence-electron chi connectivity index (χ4n) is 4.34. The van der Waals surface area contributed by atoms with Gasteiger partial charge in [0.15, 0.2) is 12.3 Å². The number of anilines is 1. The lowest BCUT2D eigenvalue weighted by atomic mass is 9.85. The Morgan fingerprint density at radius 1 is 1.07 bits per heavy atom. The van der Waals surface area contributed by atoms with Crippen molar-refractivity contribution in [1.29, 1.82) is 0 Å². The van der Waals surface area contributed by atoms with Crippen molar-refractivity contribution in [2.75, 3.05) is 25.6 Å². The zero-order valence-electron chi connectivity index (χ0n) is 22.2. The van der Waals surface area contributed by atoms with E-state index in [1.54, 1.807) is 12.3 Å². The molecule has 1 aliphatic rings. The highest BCUT2D eigenvalue weighted by atomic mass is 16.6. The van der Waals surface area contributed by atoms with Gasteiger partial charge < -0.3 is 26.1 Å². The number of amides is 3. The van der Waals surface area contributed by atoms with E-state index >= 15 is 0 Å². The molecular formula is C28H33N7O5. The number of pyridine rings is 1. The summed E-state index contributed by atoms with van der Waals surface area (Å²) >= 11 is 0. The molecule has 1 aliphatic carbocycles. The summed E-state index contributed by atoms with van der Waals surface area (Å²) in [6, 6.07) is 14.0. The Morgan fingerprint density at radius 3 is 2.55 bits per heavy atom. The summed E-state index contributed by atoms with van der Waals surface area (Å²) < 4.78 is 5.41. The predicted octanol–water partition coefficient (Wildman–Crippen LogP) is 2.18. The van der Waals surface area contributed by atoms with Crippen molar-refractivity contribution < 1.29 is 24.0 Å². The zero-order valence-corrected chi connectivity index (χ0v) is 22.2. The van der Waals surface area contributed by atoms with Crippen molar-refractivity contribution in [2.45, 2.75) is 25.8 Å². The molecule has 1 saturated carbocycles. The van der Waals surface area contributed by atoms with Crippen molar-refractivity contribution in [3.63, 3.8) is 0 Å².